The maximum absolute atomic E-state index is 12.5. The maximum Gasteiger partial charge on any atom is 0.237 e. The first-order chi connectivity index (χ1) is 12.1. The van der Waals surface area contributed by atoms with E-state index in [-0.39, 0.29) is 11.2 Å². The van der Waals surface area contributed by atoms with Gasteiger partial charge in [-0.05, 0) is 43.9 Å². The van der Waals surface area contributed by atoms with Crippen molar-refractivity contribution < 1.29 is 4.79 Å². The van der Waals surface area contributed by atoms with Gasteiger partial charge in [0.15, 0.2) is 5.16 Å². The molecule has 5 nitrogen and oxygen atoms in total. The summed E-state index contributed by atoms with van der Waals surface area (Å²) < 4.78 is 2.08. The summed E-state index contributed by atoms with van der Waals surface area (Å²) in [5.74, 6) is 1.50. The summed E-state index contributed by atoms with van der Waals surface area (Å²) in [6.07, 6.45) is 5.18. The third kappa shape index (κ3) is 4.31. The molecule has 1 saturated carbocycles. The molecule has 1 aliphatic carbocycles. The summed E-state index contributed by atoms with van der Waals surface area (Å²) in [5, 5.41) is 12.1. The van der Waals surface area contributed by atoms with Crippen LogP contribution in [0, 0.1) is 0 Å². The molecule has 0 bridgehead atoms. The second-order valence-corrected chi connectivity index (χ2v) is 7.62. The molecule has 6 heteroatoms. The molecule has 25 heavy (non-hydrogen) atoms. The Bertz CT molecular complexity index is 749. The van der Waals surface area contributed by atoms with Crippen molar-refractivity contribution in [1.29, 1.82) is 0 Å². The lowest BCUT2D eigenvalue weighted by Crippen LogP contribution is -2.23. The van der Waals surface area contributed by atoms with E-state index in [0.29, 0.717) is 12.5 Å². The van der Waals surface area contributed by atoms with E-state index in [4.69, 9.17) is 0 Å². The Morgan fingerprint density at radius 3 is 2.72 bits per heavy atom. The van der Waals surface area contributed by atoms with Gasteiger partial charge in [-0.3, -0.25) is 4.79 Å². The van der Waals surface area contributed by atoms with Crippen molar-refractivity contribution >= 4 is 23.4 Å². The van der Waals surface area contributed by atoms with Crippen LogP contribution < -0.4 is 5.32 Å². The zero-order chi connectivity index (χ0) is 17.8. The molecule has 1 aromatic heterocycles. The molecule has 132 valence electrons. The van der Waals surface area contributed by atoms with Crippen molar-refractivity contribution in [3.63, 3.8) is 0 Å². The number of rotatable bonds is 8. The van der Waals surface area contributed by atoms with Crippen LogP contribution >= 0.6 is 11.8 Å². The van der Waals surface area contributed by atoms with Crippen molar-refractivity contribution in [2.24, 2.45) is 0 Å². The Kier molecular flexibility index (Phi) is 5.58. The van der Waals surface area contributed by atoms with E-state index in [0.717, 1.165) is 23.1 Å². The number of aryl methyl sites for hydroxylation is 1. The van der Waals surface area contributed by atoms with E-state index in [9.17, 15) is 4.79 Å². The lowest BCUT2D eigenvalue weighted by atomic mass is 10.1. The molecule has 1 unspecified atom stereocenters. The molecule has 3 rings (SSSR count). The first-order valence-corrected chi connectivity index (χ1v) is 9.60. The van der Waals surface area contributed by atoms with Crippen LogP contribution in [0.25, 0.3) is 0 Å². The molecule has 1 aromatic carbocycles. The second-order valence-electron chi connectivity index (χ2n) is 6.31. The lowest BCUT2D eigenvalue weighted by molar-refractivity contribution is -0.115. The number of aromatic nitrogens is 3. The summed E-state index contributed by atoms with van der Waals surface area (Å²) in [4.78, 5) is 12.5. The molecular formula is C19H24N4OS. The molecule has 0 aliphatic heterocycles. The van der Waals surface area contributed by atoms with Crippen LogP contribution in [0.4, 0.5) is 5.69 Å². The van der Waals surface area contributed by atoms with Gasteiger partial charge < -0.3 is 9.88 Å². The summed E-state index contributed by atoms with van der Waals surface area (Å²) in [5.41, 5.74) is 2.08. The van der Waals surface area contributed by atoms with Gasteiger partial charge in [-0.25, -0.2) is 0 Å². The highest BCUT2D eigenvalue weighted by Gasteiger charge is 2.30. The number of thioether (sulfide) groups is 1. The van der Waals surface area contributed by atoms with Crippen LogP contribution in [0.2, 0.25) is 0 Å². The van der Waals surface area contributed by atoms with E-state index >= 15 is 0 Å². The van der Waals surface area contributed by atoms with Gasteiger partial charge in [0.2, 0.25) is 5.91 Å². The van der Waals surface area contributed by atoms with Crippen LogP contribution in [0.3, 0.4) is 0 Å². The minimum Gasteiger partial charge on any atom is -0.325 e. The fourth-order valence-corrected chi connectivity index (χ4v) is 3.48. The Balaban J connectivity index is 1.65. The average molecular weight is 356 g/mol. The summed E-state index contributed by atoms with van der Waals surface area (Å²) in [6.45, 7) is 8.50. The zero-order valence-corrected chi connectivity index (χ0v) is 15.6. The van der Waals surface area contributed by atoms with E-state index in [1.54, 1.807) is 0 Å². The minimum absolute atomic E-state index is 0.0321. The van der Waals surface area contributed by atoms with Crippen molar-refractivity contribution in [3.8, 4) is 0 Å². The number of amides is 1. The van der Waals surface area contributed by atoms with Crippen LogP contribution in [-0.2, 0) is 17.8 Å². The van der Waals surface area contributed by atoms with Gasteiger partial charge in [0, 0.05) is 18.2 Å². The SMILES string of the molecule is C=CCn1c(SC(C)C(=O)Nc2ccc(CC)cc2)nnc1C1CC1. The predicted molar refractivity (Wildman–Crippen MR) is 102 cm³/mol. The number of anilines is 1. The zero-order valence-electron chi connectivity index (χ0n) is 14.7. The third-order valence-electron chi connectivity index (χ3n) is 4.28. The Morgan fingerprint density at radius 1 is 1.40 bits per heavy atom. The fourth-order valence-electron chi connectivity index (χ4n) is 2.61. The highest BCUT2D eigenvalue weighted by molar-refractivity contribution is 8.00. The molecule has 0 radical (unpaired) electrons. The van der Waals surface area contributed by atoms with Crippen molar-refractivity contribution in [3.05, 3.63) is 48.3 Å². The highest BCUT2D eigenvalue weighted by Crippen LogP contribution is 2.40. The molecule has 0 saturated heterocycles. The molecule has 1 heterocycles. The largest absolute Gasteiger partial charge is 0.325 e. The van der Waals surface area contributed by atoms with Crippen molar-refractivity contribution in [2.45, 2.75) is 56.0 Å². The molecular weight excluding hydrogens is 332 g/mol. The van der Waals surface area contributed by atoms with E-state index < -0.39 is 0 Å². The molecule has 1 atom stereocenters. The molecule has 1 fully saturated rings. The van der Waals surface area contributed by atoms with Crippen molar-refractivity contribution in [2.75, 3.05) is 5.32 Å². The Labute approximate surface area is 152 Å². The van der Waals surface area contributed by atoms with Crippen LogP contribution in [0.15, 0.2) is 42.1 Å². The number of allylic oxidation sites excluding steroid dienone is 1. The highest BCUT2D eigenvalue weighted by atomic mass is 32.2. The number of hydrogen-bond acceptors (Lipinski definition) is 4. The van der Waals surface area contributed by atoms with Crippen LogP contribution in [0.5, 0.6) is 0 Å². The molecule has 1 aliphatic rings. The molecule has 2 aromatic rings. The number of carbonyl (C=O) groups is 1. The first kappa shape index (κ1) is 17.7. The predicted octanol–water partition coefficient (Wildman–Crippen LogP) is 4.02. The van der Waals surface area contributed by atoms with E-state index in [2.05, 4.69) is 33.6 Å². The molecule has 1 N–H and O–H groups in total. The average Bonchev–Trinajstić information content (AvgIpc) is 3.39. The second kappa shape index (κ2) is 7.87. The first-order valence-electron chi connectivity index (χ1n) is 8.72. The van der Waals surface area contributed by atoms with E-state index in [1.165, 1.54) is 30.2 Å². The van der Waals surface area contributed by atoms with Gasteiger partial charge in [-0.15, -0.1) is 16.8 Å². The maximum atomic E-state index is 12.5. The number of nitrogens with zero attached hydrogens (tertiary/aromatic N) is 3. The van der Waals surface area contributed by atoms with Gasteiger partial charge >= 0.3 is 0 Å². The van der Waals surface area contributed by atoms with Gasteiger partial charge in [0.25, 0.3) is 0 Å². The number of hydrogen-bond donors (Lipinski definition) is 1. The fraction of sp³-hybridized carbons (Fsp3) is 0.421. The van der Waals surface area contributed by atoms with Gasteiger partial charge in [0.1, 0.15) is 5.82 Å². The lowest BCUT2D eigenvalue weighted by Gasteiger charge is -2.13. The van der Waals surface area contributed by atoms with Crippen LogP contribution in [0.1, 0.15) is 44.0 Å². The molecule has 1 amide bonds. The molecule has 0 spiro atoms. The Morgan fingerprint density at radius 2 is 2.12 bits per heavy atom. The quantitative estimate of drug-likeness (QED) is 0.573. The van der Waals surface area contributed by atoms with Gasteiger partial charge in [-0.2, -0.15) is 0 Å². The number of carbonyl (C=O) groups excluding carboxylic acids is 1. The summed E-state index contributed by atoms with van der Waals surface area (Å²) in [7, 11) is 0. The number of benzene rings is 1. The summed E-state index contributed by atoms with van der Waals surface area (Å²) >= 11 is 1.44. The Hall–Kier alpha value is -2.08. The topological polar surface area (TPSA) is 59.8 Å². The van der Waals surface area contributed by atoms with Crippen LogP contribution in [-0.4, -0.2) is 25.9 Å². The summed E-state index contributed by atoms with van der Waals surface area (Å²) in [6, 6.07) is 7.96. The number of nitrogens with one attached hydrogen (secondary N) is 1. The van der Waals surface area contributed by atoms with Gasteiger partial charge in [0.05, 0.1) is 5.25 Å². The van der Waals surface area contributed by atoms with Crippen molar-refractivity contribution in [1.82, 2.24) is 14.8 Å². The standard InChI is InChI=1S/C19H24N4OS/c1-4-12-23-17(15-8-9-15)21-22-19(23)25-13(3)18(24)20-16-10-6-14(5-2)7-11-16/h4,6-7,10-11,13,15H,1,5,8-9,12H2,2-3H3,(H,20,24). The van der Waals surface area contributed by atoms with E-state index in [1.807, 2.05) is 37.3 Å². The third-order valence-corrected chi connectivity index (χ3v) is 5.36. The normalized spacial score (nSPS) is 15.0. The monoisotopic (exact) mass is 356 g/mol. The smallest absolute Gasteiger partial charge is 0.237 e. The minimum atomic E-state index is -0.259. The van der Waals surface area contributed by atoms with Gasteiger partial charge in [-0.1, -0.05) is 36.9 Å².